The summed E-state index contributed by atoms with van der Waals surface area (Å²) >= 11 is 0. The van der Waals surface area contributed by atoms with Crippen LogP contribution < -0.4 is 0 Å². The van der Waals surface area contributed by atoms with Crippen molar-refractivity contribution in [1.29, 1.82) is 0 Å². The molecule has 0 aliphatic heterocycles. The molecule has 0 radical (unpaired) electrons. The minimum Gasteiger partial charge on any atom is -0.302 e. The van der Waals surface area contributed by atoms with Gasteiger partial charge in [0.1, 0.15) is 0 Å². The van der Waals surface area contributed by atoms with Crippen LogP contribution in [0.5, 0.6) is 0 Å². The molecular weight excluding hydrogens is 179 g/mol. The summed E-state index contributed by atoms with van der Waals surface area (Å²) < 4.78 is 20.1. The Morgan fingerprint density at radius 1 is 1.50 bits per heavy atom. The fraction of sp³-hybridized carbons (Fsp3) is 1.00. The van der Waals surface area contributed by atoms with Crippen LogP contribution in [0.2, 0.25) is 0 Å². The summed E-state index contributed by atoms with van der Waals surface area (Å²) in [5.41, 5.74) is 0. The molecule has 74 valence electrons. The average Bonchev–Trinajstić information content (AvgIpc) is 2.03. The van der Waals surface area contributed by atoms with E-state index >= 15 is 0 Å². The molecule has 0 rings (SSSR count). The largest absolute Gasteiger partial charge is 0.472 e. The quantitative estimate of drug-likeness (QED) is 0.662. The molecule has 1 N–H and O–H groups in total. The first-order valence-electron chi connectivity index (χ1n) is 4.12. The van der Waals surface area contributed by atoms with Crippen molar-refractivity contribution >= 4 is 7.82 Å². The summed E-state index contributed by atoms with van der Waals surface area (Å²) in [6.07, 6.45) is 2.26. The van der Waals surface area contributed by atoms with E-state index in [9.17, 15) is 4.57 Å². The van der Waals surface area contributed by atoms with Crippen molar-refractivity contribution in [3.05, 3.63) is 0 Å². The molecule has 0 aromatic heterocycles. The van der Waals surface area contributed by atoms with Gasteiger partial charge < -0.3 is 4.89 Å². The van der Waals surface area contributed by atoms with Gasteiger partial charge in [0.15, 0.2) is 0 Å². The first-order valence-corrected chi connectivity index (χ1v) is 5.62. The van der Waals surface area contributed by atoms with Crippen LogP contribution in [0.4, 0.5) is 0 Å². The third-order valence-corrected chi connectivity index (χ3v) is 2.60. The second-order valence-corrected chi connectivity index (χ2v) is 4.09. The maximum absolute atomic E-state index is 10.9. The van der Waals surface area contributed by atoms with Crippen LogP contribution >= 0.6 is 7.82 Å². The smallest absolute Gasteiger partial charge is 0.302 e. The molecule has 12 heavy (non-hydrogen) atoms. The molecule has 0 aromatic carbocycles. The third-order valence-electron chi connectivity index (χ3n) is 1.58. The highest BCUT2D eigenvalue weighted by Crippen LogP contribution is 2.44. The zero-order valence-corrected chi connectivity index (χ0v) is 8.71. The van der Waals surface area contributed by atoms with Gasteiger partial charge in [0.2, 0.25) is 0 Å². The van der Waals surface area contributed by atoms with E-state index in [2.05, 4.69) is 4.52 Å². The normalized spacial score (nSPS) is 18.7. The Balaban J connectivity index is 3.92. The Morgan fingerprint density at radius 3 is 2.42 bits per heavy atom. The van der Waals surface area contributed by atoms with Crippen molar-refractivity contribution in [3.63, 3.8) is 0 Å². The van der Waals surface area contributed by atoms with Crippen LogP contribution in [0, 0.1) is 0 Å². The molecule has 4 nitrogen and oxygen atoms in total. The van der Waals surface area contributed by atoms with Gasteiger partial charge in [0, 0.05) is 7.11 Å². The Labute approximate surface area is 73.5 Å². The summed E-state index contributed by atoms with van der Waals surface area (Å²) in [6, 6.07) is 0. The van der Waals surface area contributed by atoms with E-state index in [4.69, 9.17) is 9.42 Å². The van der Waals surface area contributed by atoms with Gasteiger partial charge in [-0.25, -0.2) is 4.57 Å². The SMILES string of the molecule is CCCC(CC)OP(=O)(O)OC. The lowest BCUT2D eigenvalue weighted by atomic mass is 10.2. The van der Waals surface area contributed by atoms with E-state index in [1.165, 1.54) is 7.11 Å². The minimum absolute atomic E-state index is 0.175. The van der Waals surface area contributed by atoms with Crippen molar-refractivity contribution in [2.24, 2.45) is 0 Å². The van der Waals surface area contributed by atoms with Crippen LogP contribution in [0.25, 0.3) is 0 Å². The van der Waals surface area contributed by atoms with Crippen molar-refractivity contribution < 1.29 is 18.5 Å². The monoisotopic (exact) mass is 196 g/mol. The maximum Gasteiger partial charge on any atom is 0.472 e. The standard InChI is InChI=1S/C7H17O4P/c1-4-6-7(5-2)11-12(8,9)10-3/h7H,4-6H2,1-3H3,(H,8,9). The van der Waals surface area contributed by atoms with Crippen LogP contribution in [0.3, 0.4) is 0 Å². The Hall–Kier alpha value is 0.110. The molecule has 2 atom stereocenters. The molecule has 0 saturated heterocycles. The molecule has 5 heteroatoms. The van der Waals surface area contributed by atoms with Crippen molar-refractivity contribution in [2.45, 2.75) is 39.2 Å². The first-order chi connectivity index (χ1) is 5.55. The van der Waals surface area contributed by atoms with Gasteiger partial charge in [-0.05, 0) is 12.8 Å². The lowest BCUT2D eigenvalue weighted by Gasteiger charge is -2.17. The van der Waals surface area contributed by atoms with Gasteiger partial charge in [-0.3, -0.25) is 9.05 Å². The number of rotatable bonds is 6. The van der Waals surface area contributed by atoms with Crippen LogP contribution in [-0.4, -0.2) is 18.1 Å². The second-order valence-electron chi connectivity index (χ2n) is 2.58. The molecule has 0 aromatic rings. The summed E-state index contributed by atoms with van der Waals surface area (Å²) in [4.78, 5) is 8.96. The van der Waals surface area contributed by atoms with Gasteiger partial charge in [-0.2, -0.15) is 0 Å². The molecule has 0 saturated carbocycles. The Morgan fingerprint density at radius 2 is 2.08 bits per heavy atom. The molecule has 0 heterocycles. The van der Waals surface area contributed by atoms with Gasteiger partial charge in [-0.1, -0.05) is 20.3 Å². The highest BCUT2D eigenvalue weighted by molar-refractivity contribution is 7.47. The van der Waals surface area contributed by atoms with Crippen molar-refractivity contribution in [1.82, 2.24) is 0 Å². The fourth-order valence-corrected chi connectivity index (χ4v) is 1.60. The van der Waals surface area contributed by atoms with Gasteiger partial charge in [0.05, 0.1) is 6.10 Å². The molecule has 0 fully saturated rings. The summed E-state index contributed by atoms with van der Waals surface area (Å²) in [5.74, 6) is 0. The van der Waals surface area contributed by atoms with Gasteiger partial charge in [-0.15, -0.1) is 0 Å². The van der Waals surface area contributed by atoms with Crippen LogP contribution in [0.15, 0.2) is 0 Å². The van der Waals surface area contributed by atoms with E-state index in [1.54, 1.807) is 0 Å². The third kappa shape index (κ3) is 4.88. The van der Waals surface area contributed by atoms with Gasteiger partial charge >= 0.3 is 7.82 Å². The summed E-state index contributed by atoms with van der Waals surface area (Å²) in [5, 5.41) is 0. The van der Waals surface area contributed by atoms with Crippen LogP contribution in [0.1, 0.15) is 33.1 Å². The highest BCUT2D eigenvalue weighted by Gasteiger charge is 2.23. The number of phosphoric ester groups is 1. The Kier molecular flexibility index (Phi) is 5.76. The molecular formula is C7H17O4P. The van der Waals surface area contributed by atoms with Gasteiger partial charge in [0.25, 0.3) is 0 Å². The molecule has 0 spiro atoms. The van der Waals surface area contributed by atoms with E-state index in [0.717, 1.165) is 19.3 Å². The van der Waals surface area contributed by atoms with E-state index in [0.29, 0.717) is 0 Å². The predicted molar refractivity (Wildman–Crippen MR) is 46.9 cm³/mol. The van der Waals surface area contributed by atoms with Crippen molar-refractivity contribution in [2.75, 3.05) is 7.11 Å². The highest BCUT2D eigenvalue weighted by atomic mass is 31.2. The molecule has 0 amide bonds. The maximum atomic E-state index is 10.9. The summed E-state index contributed by atoms with van der Waals surface area (Å²) in [7, 11) is -2.61. The molecule has 2 unspecified atom stereocenters. The van der Waals surface area contributed by atoms with E-state index in [1.807, 2.05) is 13.8 Å². The topological polar surface area (TPSA) is 55.8 Å². The average molecular weight is 196 g/mol. The molecule has 0 bridgehead atoms. The summed E-state index contributed by atoms with van der Waals surface area (Å²) in [6.45, 7) is 3.91. The number of hydrogen-bond donors (Lipinski definition) is 1. The first kappa shape index (κ1) is 12.1. The minimum atomic E-state index is -3.78. The Bertz CT molecular complexity index is 159. The number of phosphoric acid groups is 1. The van der Waals surface area contributed by atoms with Crippen LogP contribution in [-0.2, 0) is 13.6 Å². The molecule has 0 aliphatic carbocycles. The predicted octanol–water partition coefficient (Wildman–Crippen LogP) is 2.33. The van der Waals surface area contributed by atoms with E-state index < -0.39 is 7.82 Å². The van der Waals surface area contributed by atoms with E-state index in [-0.39, 0.29) is 6.10 Å². The zero-order chi connectivity index (χ0) is 9.61. The second kappa shape index (κ2) is 5.70. The lowest BCUT2D eigenvalue weighted by Crippen LogP contribution is -2.09. The fourth-order valence-electron chi connectivity index (χ4n) is 0.885. The van der Waals surface area contributed by atoms with Crippen molar-refractivity contribution in [3.8, 4) is 0 Å². The number of hydrogen-bond acceptors (Lipinski definition) is 3. The lowest BCUT2D eigenvalue weighted by molar-refractivity contribution is 0.110. The zero-order valence-electron chi connectivity index (χ0n) is 7.82. The molecule has 0 aliphatic rings.